The Morgan fingerprint density at radius 1 is 1.52 bits per heavy atom. The molecule has 0 fully saturated rings. The van der Waals surface area contributed by atoms with Crippen molar-refractivity contribution in [1.29, 1.82) is 5.26 Å². The van der Waals surface area contributed by atoms with Crippen molar-refractivity contribution in [1.82, 2.24) is 10.2 Å². The lowest BCUT2D eigenvalue weighted by Gasteiger charge is -2.33. The number of anilines is 1. The number of likely N-dealkylation sites (N-methyl/N-ethyl adjacent to an activating group) is 1. The van der Waals surface area contributed by atoms with E-state index in [-0.39, 0.29) is 37.0 Å². The number of hydrogen-bond donors (Lipinski definition) is 2. The summed E-state index contributed by atoms with van der Waals surface area (Å²) in [4.78, 5) is 26.2. The number of nitrogens with zero attached hydrogens (tertiary/aromatic N) is 2. The van der Waals surface area contributed by atoms with E-state index >= 15 is 0 Å². The summed E-state index contributed by atoms with van der Waals surface area (Å²) in [6, 6.07) is 6.46. The van der Waals surface area contributed by atoms with Crippen LogP contribution in [0.3, 0.4) is 0 Å². The molecule has 1 unspecified atom stereocenters. The van der Waals surface area contributed by atoms with Gasteiger partial charge < -0.3 is 15.5 Å². The number of hydrogen-bond acceptors (Lipinski definition) is 4. The first-order valence-electron chi connectivity index (χ1n) is 7.68. The Morgan fingerprint density at radius 3 is 2.88 bits per heavy atom. The first-order chi connectivity index (χ1) is 11.8. The highest BCUT2D eigenvalue weighted by molar-refractivity contribution is 9.10. The van der Waals surface area contributed by atoms with Gasteiger partial charge in [-0.3, -0.25) is 9.59 Å². The number of carbonyl (C=O) groups is 2. The van der Waals surface area contributed by atoms with Crippen LogP contribution in [-0.2, 0) is 9.59 Å². The van der Waals surface area contributed by atoms with Gasteiger partial charge in [-0.1, -0.05) is 15.9 Å². The van der Waals surface area contributed by atoms with Crippen LogP contribution < -0.4 is 10.6 Å². The van der Waals surface area contributed by atoms with Crippen LogP contribution in [0.2, 0.25) is 0 Å². The summed E-state index contributed by atoms with van der Waals surface area (Å²) in [5, 5.41) is 14.2. The van der Waals surface area contributed by atoms with Gasteiger partial charge in [-0.15, -0.1) is 0 Å². The van der Waals surface area contributed by atoms with E-state index in [9.17, 15) is 14.0 Å². The lowest BCUT2D eigenvalue weighted by atomic mass is 9.94. The predicted molar refractivity (Wildman–Crippen MR) is 94.8 cm³/mol. The molecular formula is C17H18BrFN4O2. The third-order valence-electron chi connectivity index (χ3n) is 3.93. The standard InChI is InChI=1S/C17H18BrFN4O2/c1-10-15(22-14-5-4-11(18)8-13(14)19)12(9-23(2)17(10)25)16(24)21-7-3-6-20/h4-5,8,12,22H,3,7,9H2,1-2H3,(H,21,24). The molecule has 0 aromatic heterocycles. The smallest absolute Gasteiger partial charge is 0.251 e. The second-order valence-corrected chi connectivity index (χ2v) is 6.64. The van der Waals surface area contributed by atoms with Crippen LogP contribution in [0.5, 0.6) is 0 Å². The Kier molecular flexibility index (Phi) is 6.15. The first-order valence-corrected chi connectivity index (χ1v) is 8.47. The average Bonchev–Trinajstić information content (AvgIpc) is 2.57. The van der Waals surface area contributed by atoms with E-state index in [2.05, 4.69) is 26.6 Å². The SMILES string of the molecule is CC1=C(Nc2ccc(Br)cc2F)C(C(=O)NCCC#N)CN(C)C1=O. The molecular weight excluding hydrogens is 391 g/mol. The van der Waals surface area contributed by atoms with E-state index in [1.165, 1.54) is 17.0 Å². The van der Waals surface area contributed by atoms with Crippen LogP contribution in [-0.4, -0.2) is 36.9 Å². The summed E-state index contributed by atoms with van der Waals surface area (Å²) >= 11 is 3.19. The second-order valence-electron chi connectivity index (χ2n) is 5.73. The van der Waals surface area contributed by atoms with E-state index in [4.69, 9.17) is 5.26 Å². The van der Waals surface area contributed by atoms with Crippen molar-refractivity contribution in [3.63, 3.8) is 0 Å². The predicted octanol–water partition coefficient (Wildman–Crippen LogP) is 2.39. The second kappa shape index (κ2) is 8.12. The van der Waals surface area contributed by atoms with Crippen molar-refractivity contribution in [2.24, 2.45) is 5.92 Å². The van der Waals surface area contributed by atoms with E-state index in [0.29, 0.717) is 15.7 Å². The Bertz CT molecular complexity index is 772. The summed E-state index contributed by atoms with van der Waals surface area (Å²) in [5.41, 5.74) is 0.917. The van der Waals surface area contributed by atoms with Gasteiger partial charge in [0.2, 0.25) is 5.91 Å². The van der Waals surface area contributed by atoms with Crippen molar-refractivity contribution >= 4 is 33.4 Å². The van der Waals surface area contributed by atoms with Crippen LogP contribution in [0.15, 0.2) is 33.9 Å². The van der Waals surface area contributed by atoms with Gasteiger partial charge in [0.1, 0.15) is 5.82 Å². The number of benzene rings is 1. The number of amides is 2. The van der Waals surface area contributed by atoms with Crippen molar-refractivity contribution in [2.75, 3.05) is 25.5 Å². The maximum absolute atomic E-state index is 14.1. The van der Waals surface area contributed by atoms with Crippen molar-refractivity contribution in [2.45, 2.75) is 13.3 Å². The number of halogens is 2. The van der Waals surface area contributed by atoms with Crippen LogP contribution >= 0.6 is 15.9 Å². The molecule has 0 bridgehead atoms. The molecule has 1 aromatic carbocycles. The maximum Gasteiger partial charge on any atom is 0.251 e. The fourth-order valence-corrected chi connectivity index (χ4v) is 2.94. The third-order valence-corrected chi connectivity index (χ3v) is 4.42. The van der Waals surface area contributed by atoms with Crippen LogP contribution in [0.25, 0.3) is 0 Å². The zero-order chi connectivity index (χ0) is 18.6. The van der Waals surface area contributed by atoms with Gasteiger partial charge in [-0.25, -0.2) is 4.39 Å². The van der Waals surface area contributed by atoms with Gasteiger partial charge in [0.05, 0.1) is 24.1 Å². The molecule has 2 amide bonds. The van der Waals surface area contributed by atoms with Gasteiger partial charge >= 0.3 is 0 Å². The van der Waals surface area contributed by atoms with E-state index in [1.54, 1.807) is 20.0 Å². The number of carbonyl (C=O) groups excluding carboxylic acids is 2. The van der Waals surface area contributed by atoms with Crippen LogP contribution in [0.4, 0.5) is 10.1 Å². The molecule has 2 N–H and O–H groups in total. The highest BCUT2D eigenvalue weighted by atomic mass is 79.9. The lowest BCUT2D eigenvalue weighted by molar-refractivity contribution is -0.130. The number of rotatable bonds is 5. The zero-order valence-electron chi connectivity index (χ0n) is 13.9. The molecule has 0 saturated carbocycles. The summed E-state index contributed by atoms with van der Waals surface area (Å²) in [6.45, 7) is 2.00. The van der Waals surface area contributed by atoms with Gasteiger partial charge in [-0.05, 0) is 25.1 Å². The minimum absolute atomic E-state index is 0.176. The third kappa shape index (κ3) is 4.37. The van der Waals surface area contributed by atoms with Crippen molar-refractivity contribution < 1.29 is 14.0 Å². The Morgan fingerprint density at radius 2 is 2.24 bits per heavy atom. The minimum Gasteiger partial charge on any atom is -0.355 e. The molecule has 8 heteroatoms. The lowest BCUT2D eigenvalue weighted by Crippen LogP contribution is -2.47. The summed E-state index contributed by atoms with van der Waals surface area (Å²) in [6.07, 6.45) is 0.194. The quantitative estimate of drug-likeness (QED) is 0.732. The maximum atomic E-state index is 14.1. The van der Waals surface area contributed by atoms with Gasteiger partial charge in [0.15, 0.2) is 0 Å². The largest absolute Gasteiger partial charge is 0.355 e. The zero-order valence-corrected chi connectivity index (χ0v) is 15.5. The van der Waals surface area contributed by atoms with Crippen molar-refractivity contribution in [3.05, 3.63) is 39.8 Å². The molecule has 0 radical (unpaired) electrons. The average molecular weight is 409 g/mol. The highest BCUT2D eigenvalue weighted by Crippen LogP contribution is 2.28. The van der Waals surface area contributed by atoms with Gasteiger partial charge in [-0.2, -0.15) is 5.26 Å². The molecule has 2 rings (SSSR count). The molecule has 25 heavy (non-hydrogen) atoms. The normalized spacial score (nSPS) is 17.3. The summed E-state index contributed by atoms with van der Waals surface area (Å²) in [5.74, 6) is -1.69. The molecule has 0 saturated heterocycles. The molecule has 132 valence electrons. The molecule has 0 spiro atoms. The Labute approximate surface area is 153 Å². The molecule has 1 aliphatic heterocycles. The molecule has 1 heterocycles. The number of nitriles is 1. The van der Waals surface area contributed by atoms with Gasteiger partial charge in [0.25, 0.3) is 5.91 Å². The fraction of sp³-hybridized carbons (Fsp3) is 0.353. The van der Waals surface area contributed by atoms with E-state index in [0.717, 1.165) is 0 Å². The Hall–Kier alpha value is -2.40. The monoisotopic (exact) mass is 408 g/mol. The highest BCUT2D eigenvalue weighted by Gasteiger charge is 2.34. The van der Waals surface area contributed by atoms with Crippen molar-refractivity contribution in [3.8, 4) is 6.07 Å². The number of nitrogens with one attached hydrogen (secondary N) is 2. The topological polar surface area (TPSA) is 85.2 Å². The molecule has 6 nitrogen and oxygen atoms in total. The van der Waals surface area contributed by atoms with Crippen LogP contribution in [0, 0.1) is 23.1 Å². The van der Waals surface area contributed by atoms with Crippen LogP contribution in [0.1, 0.15) is 13.3 Å². The molecule has 1 aliphatic rings. The molecule has 1 atom stereocenters. The first kappa shape index (κ1) is 18.9. The van der Waals surface area contributed by atoms with E-state index < -0.39 is 11.7 Å². The van der Waals surface area contributed by atoms with E-state index in [1.807, 2.05) is 6.07 Å². The fourth-order valence-electron chi connectivity index (χ4n) is 2.61. The van der Waals surface area contributed by atoms with Gasteiger partial charge in [0, 0.05) is 35.9 Å². The summed E-state index contributed by atoms with van der Waals surface area (Å²) in [7, 11) is 1.61. The summed E-state index contributed by atoms with van der Waals surface area (Å²) < 4.78 is 14.7. The minimum atomic E-state index is -0.663. The Balaban J connectivity index is 2.32. The molecule has 0 aliphatic carbocycles. The molecule has 1 aromatic rings.